The van der Waals surface area contributed by atoms with Crippen molar-refractivity contribution >= 4 is 44.4 Å². The first kappa shape index (κ1) is 27.2. The Morgan fingerprint density at radius 1 is 0.383 bits per heavy atom. The van der Waals surface area contributed by atoms with E-state index in [1.54, 1.807) is 0 Å². The number of para-hydroxylation sites is 1. The highest BCUT2D eigenvalue weighted by molar-refractivity contribution is 7.00. The van der Waals surface area contributed by atoms with E-state index in [4.69, 9.17) is 28.7 Å². The van der Waals surface area contributed by atoms with Crippen LogP contribution in [0.3, 0.4) is 0 Å². The second-order valence-corrected chi connectivity index (χ2v) is 11.8. The number of pyridine rings is 1. The number of fused-ring (bicyclic) bond motifs is 5. The van der Waals surface area contributed by atoms with E-state index in [9.17, 15) is 0 Å². The Balaban J connectivity index is 1.21. The van der Waals surface area contributed by atoms with Crippen molar-refractivity contribution in [3.05, 3.63) is 146 Å². The predicted molar refractivity (Wildman–Crippen MR) is 191 cm³/mol. The fraction of sp³-hybridized carbons (Fsp3) is 0. The average molecular weight is 621 g/mol. The van der Waals surface area contributed by atoms with Crippen molar-refractivity contribution in [3.8, 4) is 56.5 Å². The van der Waals surface area contributed by atoms with Gasteiger partial charge in [0, 0.05) is 44.0 Å². The van der Waals surface area contributed by atoms with Crippen LogP contribution < -0.4 is 0 Å². The van der Waals surface area contributed by atoms with Gasteiger partial charge in [0.25, 0.3) is 0 Å². The van der Waals surface area contributed by atoms with E-state index in [1.165, 1.54) is 11.7 Å². The molecule has 0 saturated carbocycles. The maximum absolute atomic E-state index is 5.15. The Morgan fingerprint density at radius 3 is 1.49 bits per heavy atom. The van der Waals surface area contributed by atoms with Crippen molar-refractivity contribution in [1.82, 2.24) is 28.7 Å². The van der Waals surface area contributed by atoms with Gasteiger partial charge in [-0.25, -0.2) is 19.9 Å². The van der Waals surface area contributed by atoms with Gasteiger partial charge in [-0.1, -0.05) is 133 Å². The van der Waals surface area contributed by atoms with Crippen LogP contribution >= 0.6 is 11.7 Å². The van der Waals surface area contributed by atoms with Gasteiger partial charge in [-0.2, -0.15) is 8.75 Å². The molecule has 0 aliphatic carbocycles. The summed E-state index contributed by atoms with van der Waals surface area (Å²) in [4.78, 5) is 19.8. The van der Waals surface area contributed by atoms with Crippen LogP contribution in [0.25, 0.3) is 89.3 Å². The summed E-state index contributed by atoms with van der Waals surface area (Å²) in [5, 5.41) is 3.19. The van der Waals surface area contributed by atoms with Gasteiger partial charge in [-0.3, -0.25) is 0 Å². The highest BCUT2D eigenvalue weighted by Crippen LogP contribution is 2.41. The van der Waals surface area contributed by atoms with E-state index in [2.05, 4.69) is 60.7 Å². The zero-order chi connectivity index (χ0) is 31.2. The summed E-state index contributed by atoms with van der Waals surface area (Å²) in [5.74, 6) is 1.89. The first-order valence-corrected chi connectivity index (χ1v) is 16.0. The summed E-state index contributed by atoms with van der Waals surface area (Å²) in [5.41, 5.74) is 9.51. The Bertz CT molecular complexity index is 2490. The molecule has 47 heavy (non-hydrogen) atoms. The van der Waals surface area contributed by atoms with E-state index in [0.717, 1.165) is 71.8 Å². The normalized spacial score (nSPS) is 11.4. The van der Waals surface area contributed by atoms with E-state index in [1.807, 2.05) is 84.9 Å². The van der Waals surface area contributed by atoms with Crippen LogP contribution in [0.4, 0.5) is 0 Å². The maximum Gasteiger partial charge on any atom is 0.164 e. The molecule has 0 amide bonds. The van der Waals surface area contributed by atoms with Crippen LogP contribution in [-0.2, 0) is 0 Å². The van der Waals surface area contributed by atoms with E-state index < -0.39 is 0 Å². The lowest BCUT2D eigenvalue weighted by Crippen LogP contribution is -2.00. The second kappa shape index (κ2) is 11.3. The van der Waals surface area contributed by atoms with Gasteiger partial charge in [0.15, 0.2) is 17.5 Å². The number of aromatic nitrogens is 6. The Hall–Kier alpha value is -6.18. The van der Waals surface area contributed by atoms with E-state index in [0.29, 0.717) is 17.5 Å². The number of hydrogen-bond acceptors (Lipinski definition) is 7. The lowest BCUT2D eigenvalue weighted by molar-refractivity contribution is 1.07. The average Bonchev–Trinajstić information content (AvgIpc) is 3.65. The van der Waals surface area contributed by atoms with Crippen LogP contribution in [0.15, 0.2) is 146 Å². The Kier molecular flexibility index (Phi) is 6.54. The lowest BCUT2D eigenvalue weighted by atomic mass is 9.94. The van der Waals surface area contributed by atoms with Gasteiger partial charge in [0.2, 0.25) is 0 Å². The molecule has 0 fully saturated rings. The molecule has 0 N–H and O–H groups in total. The molecule has 0 unspecified atom stereocenters. The molecule has 0 atom stereocenters. The predicted octanol–water partition coefficient (Wildman–Crippen LogP) is 9.91. The second-order valence-electron chi connectivity index (χ2n) is 11.3. The Labute approximate surface area is 274 Å². The van der Waals surface area contributed by atoms with Gasteiger partial charge >= 0.3 is 0 Å². The van der Waals surface area contributed by atoms with Crippen molar-refractivity contribution in [3.63, 3.8) is 0 Å². The molecular formula is C40H24N6S. The summed E-state index contributed by atoms with van der Waals surface area (Å²) in [6, 6.07) is 49.2. The molecule has 6 aromatic carbocycles. The molecule has 3 aromatic heterocycles. The van der Waals surface area contributed by atoms with E-state index in [-0.39, 0.29) is 0 Å². The smallest absolute Gasteiger partial charge is 0.164 e. The Morgan fingerprint density at radius 2 is 0.872 bits per heavy atom. The highest BCUT2D eigenvalue weighted by Gasteiger charge is 2.19. The first-order chi connectivity index (χ1) is 23.3. The van der Waals surface area contributed by atoms with Gasteiger partial charge in [-0.05, 0) is 17.7 Å². The van der Waals surface area contributed by atoms with Crippen molar-refractivity contribution < 1.29 is 0 Å². The molecule has 0 saturated heterocycles. The maximum atomic E-state index is 5.15. The number of hydrogen-bond donors (Lipinski definition) is 0. The van der Waals surface area contributed by atoms with Crippen molar-refractivity contribution in [2.45, 2.75) is 0 Å². The SMILES string of the molecule is c1ccc(-c2nc(-c3ccccc3)nc(-c3ccc(-c4cc5c(-c6ccccc6)nc6ccccc6c5c5nsnc45)cc3)n2)cc1. The fourth-order valence-corrected chi connectivity index (χ4v) is 6.70. The van der Waals surface area contributed by atoms with Gasteiger partial charge < -0.3 is 0 Å². The lowest BCUT2D eigenvalue weighted by Gasteiger charge is -2.13. The standard InChI is InChI=1S/C40H24N6S/c1-4-12-26(13-5-1)35-32-24-31(36-37(46-47-45-36)34(32)30-18-10-11-19-33(30)41-35)25-20-22-29(23-21-25)40-43-38(27-14-6-2-7-15-27)42-39(44-40)28-16-8-3-9-17-28/h1-24H. The molecule has 6 nitrogen and oxygen atoms in total. The van der Waals surface area contributed by atoms with E-state index >= 15 is 0 Å². The van der Waals surface area contributed by atoms with Crippen LogP contribution in [0.1, 0.15) is 0 Å². The monoisotopic (exact) mass is 620 g/mol. The topological polar surface area (TPSA) is 77.3 Å². The zero-order valence-electron chi connectivity index (χ0n) is 24.9. The number of rotatable bonds is 5. The van der Waals surface area contributed by atoms with Crippen molar-refractivity contribution in [2.75, 3.05) is 0 Å². The third-order valence-corrected chi connectivity index (χ3v) is 8.93. The van der Waals surface area contributed by atoms with Gasteiger partial charge in [0.05, 0.1) is 22.9 Å². The number of benzene rings is 6. The molecule has 0 aliphatic rings. The molecule has 0 bridgehead atoms. The zero-order valence-corrected chi connectivity index (χ0v) is 25.8. The van der Waals surface area contributed by atoms with Crippen molar-refractivity contribution in [2.24, 2.45) is 0 Å². The first-order valence-electron chi connectivity index (χ1n) is 15.3. The quantitative estimate of drug-likeness (QED) is 0.178. The summed E-state index contributed by atoms with van der Waals surface area (Å²) in [6.45, 7) is 0. The fourth-order valence-electron chi connectivity index (χ4n) is 6.14. The molecule has 3 heterocycles. The van der Waals surface area contributed by atoms with Crippen LogP contribution in [0.5, 0.6) is 0 Å². The molecule has 9 aromatic rings. The minimum Gasteiger partial charge on any atom is -0.247 e. The minimum absolute atomic E-state index is 0.616. The van der Waals surface area contributed by atoms with Crippen LogP contribution in [-0.4, -0.2) is 28.7 Å². The third-order valence-electron chi connectivity index (χ3n) is 8.40. The largest absolute Gasteiger partial charge is 0.247 e. The summed E-state index contributed by atoms with van der Waals surface area (Å²) in [7, 11) is 0. The van der Waals surface area contributed by atoms with Gasteiger partial charge in [0.1, 0.15) is 11.0 Å². The molecule has 0 aliphatic heterocycles. The van der Waals surface area contributed by atoms with Crippen molar-refractivity contribution in [1.29, 1.82) is 0 Å². The van der Waals surface area contributed by atoms with Crippen LogP contribution in [0.2, 0.25) is 0 Å². The number of nitrogens with zero attached hydrogens (tertiary/aromatic N) is 6. The summed E-state index contributed by atoms with van der Waals surface area (Å²) < 4.78 is 9.64. The molecule has 0 radical (unpaired) electrons. The molecule has 7 heteroatoms. The highest BCUT2D eigenvalue weighted by atomic mass is 32.1. The minimum atomic E-state index is 0.616. The summed E-state index contributed by atoms with van der Waals surface area (Å²) in [6.07, 6.45) is 0. The van der Waals surface area contributed by atoms with Gasteiger partial charge in [-0.15, -0.1) is 0 Å². The molecule has 0 spiro atoms. The molecule has 9 rings (SSSR count). The molecular weight excluding hydrogens is 597 g/mol. The van der Waals surface area contributed by atoms with Crippen LogP contribution in [0, 0.1) is 0 Å². The third kappa shape index (κ3) is 4.81. The molecule has 220 valence electrons. The summed E-state index contributed by atoms with van der Waals surface area (Å²) >= 11 is 1.24.